The molecule has 0 heterocycles. The van der Waals surface area contributed by atoms with Crippen molar-refractivity contribution in [3.05, 3.63) is 0 Å². The van der Waals surface area contributed by atoms with Gasteiger partial charge in [0.25, 0.3) is 0 Å². The molecule has 21 heavy (non-hydrogen) atoms. The van der Waals surface area contributed by atoms with Gasteiger partial charge in [-0.25, -0.2) is 4.79 Å². The van der Waals surface area contributed by atoms with Gasteiger partial charge in [-0.15, -0.1) is 0 Å². The summed E-state index contributed by atoms with van der Waals surface area (Å²) in [5.74, 6) is -0.510. The van der Waals surface area contributed by atoms with E-state index in [9.17, 15) is 4.79 Å². The highest BCUT2D eigenvalue weighted by molar-refractivity contribution is 5.70. The number of hydrogen-bond acceptors (Lipinski definition) is 3. The van der Waals surface area contributed by atoms with Crippen molar-refractivity contribution >= 4 is 5.97 Å². The summed E-state index contributed by atoms with van der Waals surface area (Å²) in [5, 5.41) is 8.48. The van der Waals surface area contributed by atoms with E-state index < -0.39 is 12.6 Å². The van der Waals surface area contributed by atoms with Gasteiger partial charge in [0.15, 0.2) is 0 Å². The van der Waals surface area contributed by atoms with Crippen LogP contribution in [0, 0.1) is 0 Å². The summed E-state index contributed by atoms with van der Waals surface area (Å²) in [6.45, 7) is 2.22. The molecule has 0 unspecified atom stereocenters. The Bertz CT molecular complexity index is 217. The summed E-state index contributed by atoms with van der Waals surface area (Å²) < 4.78 is 4.81. The van der Waals surface area contributed by atoms with Gasteiger partial charge in [-0.1, -0.05) is 90.4 Å². The van der Waals surface area contributed by atoms with Gasteiger partial charge in [0, 0.05) is 0 Å². The molecule has 0 bridgehead atoms. The van der Waals surface area contributed by atoms with E-state index in [-0.39, 0.29) is 0 Å². The van der Waals surface area contributed by atoms with Crippen molar-refractivity contribution in [2.75, 3.05) is 13.2 Å². The van der Waals surface area contributed by atoms with Gasteiger partial charge in [-0.3, -0.25) is 0 Å². The van der Waals surface area contributed by atoms with E-state index in [1.165, 1.54) is 77.0 Å². The van der Waals surface area contributed by atoms with Gasteiger partial charge in [0.05, 0.1) is 6.61 Å². The average Bonchev–Trinajstić information content (AvgIpc) is 2.50. The maximum Gasteiger partial charge on any atom is 0.331 e. The Morgan fingerprint density at radius 1 is 0.714 bits per heavy atom. The van der Waals surface area contributed by atoms with E-state index in [2.05, 4.69) is 6.92 Å². The molecule has 0 rings (SSSR count). The molecule has 0 saturated heterocycles. The maximum absolute atomic E-state index is 10.7. The van der Waals surface area contributed by atoms with Gasteiger partial charge in [-0.05, 0) is 6.42 Å². The van der Waals surface area contributed by atoms with Crippen molar-refractivity contribution in [1.82, 2.24) is 0 Å². The number of aliphatic hydroxyl groups is 1. The molecule has 0 amide bonds. The monoisotopic (exact) mass is 300 g/mol. The third-order valence-electron chi connectivity index (χ3n) is 3.89. The minimum Gasteiger partial charge on any atom is -0.464 e. The van der Waals surface area contributed by atoms with Crippen LogP contribution in [0.25, 0.3) is 0 Å². The zero-order valence-corrected chi connectivity index (χ0v) is 14.1. The van der Waals surface area contributed by atoms with Crippen LogP contribution in [-0.2, 0) is 9.53 Å². The van der Waals surface area contributed by atoms with E-state index in [0.29, 0.717) is 6.61 Å². The normalized spacial score (nSPS) is 10.8. The first-order valence-corrected chi connectivity index (χ1v) is 9.07. The molecule has 0 aromatic heterocycles. The van der Waals surface area contributed by atoms with Crippen molar-refractivity contribution in [3.8, 4) is 0 Å². The van der Waals surface area contributed by atoms with E-state index in [0.717, 1.165) is 12.8 Å². The summed E-state index contributed by atoms with van der Waals surface area (Å²) in [5.41, 5.74) is 0. The molecule has 0 aromatic rings. The van der Waals surface area contributed by atoms with Crippen LogP contribution < -0.4 is 0 Å². The molecule has 0 atom stereocenters. The number of aliphatic hydroxyl groups excluding tert-OH is 1. The smallest absolute Gasteiger partial charge is 0.331 e. The van der Waals surface area contributed by atoms with Crippen molar-refractivity contribution < 1.29 is 14.6 Å². The fraction of sp³-hybridized carbons (Fsp3) is 0.944. The van der Waals surface area contributed by atoms with Crippen LogP contribution in [0.3, 0.4) is 0 Å². The molecule has 126 valence electrons. The predicted molar refractivity (Wildman–Crippen MR) is 88.4 cm³/mol. The van der Waals surface area contributed by atoms with Crippen LogP contribution in [0.5, 0.6) is 0 Å². The van der Waals surface area contributed by atoms with Gasteiger partial charge in [0.2, 0.25) is 0 Å². The Labute approximate surface area is 131 Å². The Balaban J connectivity index is 2.98. The number of carbonyl (C=O) groups excluding carboxylic acids is 1. The number of carbonyl (C=O) groups is 1. The van der Waals surface area contributed by atoms with E-state index in [4.69, 9.17) is 9.84 Å². The highest BCUT2D eigenvalue weighted by Crippen LogP contribution is 2.12. The molecular formula is C18H36O3. The highest BCUT2D eigenvalue weighted by atomic mass is 16.5. The fourth-order valence-electron chi connectivity index (χ4n) is 2.53. The largest absolute Gasteiger partial charge is 0.464 e. The first-order valence-electron chi connectivity index (χ1n) is 9.07. The van der Waals surface area contributed by atoms with Crippen LogP contribution in [-0.4, -0.2) is 24.3 Å². The lowest BCUT2D eigenvalue weighted by Gasteiger charge is -2.04. The summed E-state index contributed by atoms with van der Waals surface area (Å²) in [6.07, 6.45) is 18.5. The third kappa shape index (κ3) is 17.4. The zero-order chi connectivity index (χ0) is 15.6. The number of hydrogen-bond donors (Lipinski definition) is 1. The zero-order valence-electron chi connectivity index (χ0n) is 14.1. The second-order valence-corrected chi connectivity index (χ2v) is 5.97. The van der Waals surface area contributed by atoms with Crippen molar-refractivity contribution in [3.63, 3.8) is 0 Å². The summed E-state index contributed by atoms with van der Waals surface area (Å²) in [4.78, 5) is 10.7. The molecule has 0 fully saturated rings. The summed E-state index contributed by atoms with van der Waals surface area (Å²) in [6, 6.07) is 0. The lowest BCUT2D eigenvalue weighted by molar-refractivity contribution is -0.147. The van der Waals surface area contributed by atoms with Crippen LogP contribution in [0.2, 0.25) is 0 Å². The van der Waals surface area contributed by atoms with Gasteiger partial charge < -0.3 is 9.84 Å². The standard InChI is InChI=1S/C18H36O3/c1-2-3-4-5-6-7-8-9-10-11-12-13-14-15-16-21-18(20)17-19/h19H,2-17H2,1H3. The van der Waals surface area contributed by atoms with Crippen molar-refractivity contribution in [1.29, 1.82) is 0 Å². The van der Waals surface area contributed by atoms with E-state index >= 15 is 0 Å². The molecule has 0 radical (unpaired) electrons. The maximum atomic E-state index is 10.7. The Kier molecular flexibility index (Phi) is 17.0. The molecule has 0 aliphatic rings. The quantitative estimate of drug-likeness (QED) is 0.322. The second kappa shape index (κ2) is 17.5. The second-order valence-electron chi connectivity index (χ2n) is 5.97. The first kappa shape index (κ1) is 20.4. The Hall–Kier alpha value is -0.570. The molecular weight excluding hydrogens is 264 g/mol. The minimum atomic E-state index is -0.510. The average molecular weight is 300 g/mol. The van der Waals surface area contributed by atoms with Crippen molar-refractivity contribution in [2.24, 2.45) is 0 Å². The lowest BCUT2D eigenvalue weighted by Crippen LogP contribution is -2.09. The van der Waals surface area contributed by atoms with Crippen LogP contribution in [0.1, 0.15) is 96.8 Å². The fourth-order valence-corrected chi connectivity index (χ4v) is 2.53. The van der Waals surface area contributed by atoms with Crippen molar-refractivity contribution in [2.45, 2.75) is 96.8 Å². The SMILES string of the molecule is CCCCCCCCCCCCCCCCOC(=O)CO. The summed E-state index contributed by atoms with van der Waals surface area (Å²) in [7, 11) is 0. The number of rotatable bonds is 16. The molecule has 0 aliphatic carbocycles. The number of unbranched alkanes of at least 4 members (excludes halogenated alkanes) is 13. The molecule has 3 heteroatoms. The Morgan fingerprint density at radius 2 is 1.10 bits per heavy atom. The third-order valence-corrected chi connectivity index (χ3v) is 3.89. The molecule has 0 aliphatic heterocycles. The van der Waals surface area contributed by atoms with E-state index in [1.807, 2.05) is 0 Å². The topological polar surface area (TPSA) is 46.5 Å². The Morgan fingerprint density at radius 3 is 1.48 bits per heavy atom. The van der Waals surface area contributed by atoms with Crippen LogP contribution in [0.15, 0.2) is 0 Å². The molecule has 0 saturated carbocycles. The lowest BCUT2D eigenvalue weighted by atomic mass is 10.0. The van der Waals surface area contributed by atoms with Gasteiger partial charge >= 0.3 is 5.97 Å². The minimum absolute atomic E-state index is 0.456. The number of esters is 1. The molecule has 3 nitrogen and oxygen atoms in total. The highest BCUT2D eigenvalue weighted by Gasteiger charge is 1.98. The predicted octanol–water partition coefficient (Wildman–Crippen LogP) is 5.00. The summed E-state index contributed by atoms with van der Waals surface area (Å²) >= 11 is 0. The van der Waals surface area contributed by atoms with E-state index in [1.54, 1.807) is 0 Å². The molecule has 0 aromatic carbocycles. The van der Waals surface area contributed by atoms with Crippen LogP contribution in [0.4, 0.5) is 0 Å². The van der Waals surface area contributed by atoms with Gasteiger partial charge in [0.1, 0.15) is 6.61 Å². The van der Waals surface area contributed by atoms with Gasteiger partial charge in [-0.2, -0.15) is 0 Å². The molecule has 0 spiro atoms. The number of ether oxygens (including phenoxy) is 1. The van der Waals surface area contributed by atoms with Crippen LogP contribution >= 0.6 is 0 Å². The molecule has 1 N–H and O–H groups in total. The first-order chi connectivity index (χ1) is 10.3.